The van der Waals surface area contributed by atoms with Crippen LogP contribution in [0.4, 0.5) is 5.69 Å². The van der Waals surface area contributed by atoms with Crippen LogP contribution in [-0.4, -0.2) is 16.4 Å². The van der Waals surface area contributed by atoms with Gasteiger partial charge in [0.15, 0.2) is 0 Å². The summed E-state index contributed by atoms with van der Waals surface area (Å²) in [6.07, 6.45) is 6.30. The standard InChI is InChI=1S/C16H19ClN2OS/c1-11(21-14-5-3-2-4-6-14)16(20)19-13-8-7-12(10-18)15(17)9-13/h7-9,11,14H,2-6H2,1H3,(H,19,20). The summed E-state index contributed by atoms with van der Waals surface area (Å²) in [5.41, 5.74) is 1.05. The number of hydrogen-bond donors (Lipinski definition) is 1. The third kappa shape index (κ3) is 4.66. The number of benzene rings is 1. The quantitative estimate of drug-likeness (QED) is 0.881. The van der Waals surface area contributed by atoms with Crippen LogP contribution in [0.1, 0.15) is 44.6 Å². The van der Waals surface area contributed by atoms with Gasteiger partial charge in [-0.25, -0.2) is 0 Å². The molecule has 112 valence electrons. The molecule has 0 heterocycles. The summed E-state index contributed by atoms with van der Waals surface area (Å²) in [7, 11) is 0. The van der Waals surface area contributed by atoms with Crippen LogP contribution in [0.15, 0.2) is 18.2 Å². The first-order valence-electron chi connectivity index (χ1n) is 7.26. The Bertz CT molecular complexity index is 550. The maximum Gasteiger partial charge on any atom is 0.237 e. The van der Waals surface area contributed by atoms with Crippen LogP contribution < -0.4 is 5.32 Å². The Kier molecular flexibility index (Phi) is 5.96. The molecule has 0 radical (unpaired) electrons. The van der Waals surface area contributed by atoms with Gasteiger partial charge in [0.25, 0.3) is 0 Å². The molecular formula is C16H19ClN2OS. The van der Waals surface area contributed by atoms with Crippen LogP contribution >= 0.6 is 23.4 Å². The highest BCUT2D eigenvalue weighted by Gasteiger charge is 2.21. The molecular weight excluding hydrogens is 304 g/mol. The van der Waals surface area contributed by atoms with Gasteiger partial charge in [0.1, 0.15) is 6.07 Å². The molecule has 1 fully saturated rings. The lowest BCUT2D eigenvalue weighted by molar-refractivity contribution is -0.115. The first-order chi connectivity index (χ1) is 10.1. The fourth-order valence-corrected chi connectivity index (χ4v) is 4.07. The number of carbonyl (C=O) groups excluding carboxylic acids is 1. The molecule has 1 aromatic rings. The van der Waals surface area contributed by atoms with Gasteiger partial charge in [-0.3, -0.25) is 4.79 Å². The van der Waals surface area contributed by atoms with E-state index in [1.54, 1.807) is 30.0 Å². The molecule has 3 nitrogen and oxygen atoms in total. The molecule has 1 aromatic carbocycles. The first-order valence-corrected chi connectivity index (χ1v) is 8.58. The topological polar surface area (TPSA) is 52.9 Å². The highest BCUT2D eigenvalue weighted by atomic mass is 35.5. The predicted molar refractivity (Wildman–Crippen MR) is 88.7 cm³/mol. The van der Waals surface area contributed by atoms with E-state index < -0.39 is 0 Å². The Morgan fingerprint density at radius 2 is 2.14 bits per heavy atom. The zero-order valence-electron chi connectivity index (χ0n) is 12.1. The predicted octanol–water partition coefficient (Wildman–Crippen LogP) is 4.60. The number of nitrogens with zero attached hydrogens (tertiary/aromatic N) is 1. The smallest absolute Gasteiger partial charge is 0.237 e. The third-order valence-electron chi connectivity index (χ3n) is 3.68. The Morgan fingerprint density at radius 3 is 2.76 bits per heavy atom. The Labute approximate surface area is 135 Å². The summed E-state index contributed by atoms with van der Waals surface area (Å²) >= 11 is 7.73. The molecule has 1 atom stereocenters. The number of rotatable bonds is 4. The maximum atomic E-state index is 12.2. The zero-order valence-corrected chi connectivity index (χ0v) is 13.6. The van der Waals surface area contributed by atoms with Crippen molar-refractivity contribution in [3.05, 3.63) is 28.8 Å². The maximum absolute atomic E-state index is 12.2. The average molecular weight is 323 g/mol. The van der Waals surface area contributed by atoms with E-state index >= 15 is 0 Å². The highest BCUT2D eigenvalue weighted by Crippen LogP contribution is 2.31. The number of anilines is 1. The summed E-state index contributed by atoms with van der Waals surface area (Å²) in [6, 6.07) is 6.96. The Morgan fingerprint density at radius 1 is 1.43 bits per heavy atom. The molecule has 0 aromatic heterocycles. The van der Waals surface area contributed by atoms with Gasteiger partial charge in [-0.2, -0.15) is 5.26 Å². The van der Waals surface area contributed by atoms with E-state index in [0.29, 0.717) is 21.5 Å². The summed E-state index contributed by atoms with van der Waals surface area (Å²) in [4.78, 5) is 12.2. The molecule has 1 saturated carbocycles. The van der Waals surface area contributed by atoms with Gasteiger partial charge in [0.2, 0.25) is 5.91 Å². The van der Waals surface area contributed by atoms with Gasteiger partial charge < -0.3 is 5.32 Å². The van der Waals surface area contributed by atoms with Crippen molar-refractivity contribution in [1.82, 2.24) is 0 Å². The summed E-state index contributed by atoms with van der Waals surface area (Å²) in [6.45, 7) is 1.94. The lowest BCUT2D eigenvalue weighted by Crippen LogP contribution is -2.25. The van der Waals surface area contributed by atoms with E-state index in [9.17, 15) is 4.79 Å². The van der Waals surface area contributed by atoms with E-state index in [0.717, 1.165) is 0 Å². The lowest BCUT2D eigenvalue weighted by Gasteiger charge is -2.23. The minimum atomic E-state index is -0.0810. The average Bonchev–Trinajstić information content (AvgIpc) is 2.48. The molecule has 1 unspecified atom stereocenters. The van der Waals surface area contributed by atoms with Crippen LogP contribution in [-0.2, 0) is 4.79 Å². The van der Waals surface area contributed by atoms with Crippen LogP contribution in [0.25, 0.3) is 0 Å². The van der Waals surface area contributed by atoms with Gasteiger partial charge in [0, 0.05) is 10.9 Å². The number of carbonyl (C=O) groups is 1. The summed E-state index contributed by atoms with van der Waals surface area (Å²) in [5, 5.41) is 12.6. The van der Waals surface area contributed by atoms with Gasteiger partial charge in [-0.05, 0) is 38.0 Å². The van der Waals surface area contributed by atoms with Crippen LogP contribution in [0.2, 0.25) is 5.02 Å². The van der Waals surface area contributed by atoms with Crippen molar-refractivity contribution in [3.63, 3.8) is 0 Å². The van der Waals surface area contributed by atoms with E-state index in [1.165, 1.54) is 32.1 Å². The van der Waals surface area contributed by atoms with Crippen molar-refractivity contribution < 1.29 is 4.79 Å². The summed E-state index contributed by atoms with van der Waals surface area (Å²) in [5.74, 6) is -0.00801. The molecule has 1 N–H and O–H groups in total. The van der Waals surface area contributed by atoms with Gasteiger partial charge in [0.05, 0.1) is 15.8 Å². The Hall–Kier alpha value is -1.18. The van der Waals surface area contributed by atoms with Crippen LogP contribution in [0.5, 0.6) is 0 Å². The van der Waals surface area contributed by atoms with Gasteiger partial charge in [-0.15, -0.1) is 11.8 Å². The van der Waals surface area contributed by atoms with E-state index in [4.69, 9.17) is 16.9 Å². The van der Waals surface area contributed by atoms with E-state index in [-0.39, 0.29) is 11.2 Å². The highest BCUT2D eigenvalue weighted by molar-refractivity contribution is 8.01. The van der Waals surface area contributed by atoms with Crippen molar-refractivity contribution in [3.8, 4) is 6.07 Å². The van der Waals surface area contributed by atoms with Crippen LogP contribution in [0, 0.1) is 11.3 Å². The van der Waals surface area contributed by atoms with E-state index in [1.807, 2.05) is 13.0 Å². The van der Waals surface area contributed by atoms with Crippen LogP contribution in [0.3, 0.4) is 0 Å². The molecule has 5 heteroatoms. The second-order valence-corrected chi connectivity index (χ2v) is 7.39. The number of halogens is 1. The van der Waals surface area contributed by atoms with Crippen molar-refractivity contribution in [2.45, 2.75) is 49.5 Å². The van der Waals surface area contributed by atoms with Crippen molar-refractivity contribution in [2.75, 3.05) is 5.32 Å². The SMILES string of the molecule is CC(SC1CCCCC1)C(=O)Nc1ccc(C#N)c(Cl)c1. The lowest BCUT2D eigenvalue weighted by atomic mass is 10.0. The molecule has 1 aliphatic carbocycles. The third-order valence-corrected chi connectivity index (χ3v) is 5.47. The summed E-state index contributed by atoms with van der Waals surface area (Å²) < 4.78 is 0. The van der Waals surface area contributed by atoms with Crippen molar-refractivity contribution in [2.24, 2.45) is 0 Å². The minimum Gasteiger partial charge on any atom is -0.325 e. The van der Waals surface area contributed by atoms with Gasteiger partial charge in [-0.1, -0.05) is 30.9 Å². The molecule has 0 saturated heterocycles. The molecule has 0 aliphatic heterocycles. The largest absolute Gasteiger partial charge is 0.325 e. The minimum absolute atomic E-state index is 0.00801. The monoisotopic (exact) mass is 322 g/mol. The van der Waals surface area contributed by atoms with Crippen molar-refractivity contribution in [1.29, 1.82) is 5.26 Å². The molecule has 0 spiro atoms. The molecule has 21 heavy (non-hydrogen) atoms. The van der Waals surface area contributed by atoms with Gasteiger partial charge >= 0.3 is 0 Å². The first kappa shape index (κ1) is 16.2. The number of thioether (sulfide) groups is 1. The number of hydrogen-bond acceptors (Lipinski definition) is 3. The number of nitriles is 1. The Balaban J connectivity index is 1.91. The molecule has 0 bridgehead atoms. The molecule has 1 aliphatic rings. The van der Waals surface area contributed by atoms with Crippen molar-refractivity contribution >= 4 is 35.0 Å². The molecule has 2 rings (SSSR count). The zero-order chi connectivity index (χ0) is 15.2. The fraction of sp³-hybridized carbons (Fsp3) is 0.500. The number of nitrogens with one attached hydrogen (secondary N) is 1. The van der Waals surface area contributed by atoms with E-state index in [2.05, 4.69) is 5.32 Å². The molecule has 1 amide bonds. The second kappa shape index (κ2) is 7.72. The second-order valence-electron chi connectivity index (χ2n) is 5.33. The number of amides is 1. The fourth-order valence-electron chi connectivity index (χ4n) is 2.48. The normalized spacial score (nSPS) is 17.0.